The highest BCUT2D eigenvalue weighted by molar-refractivity contribution is 5.71. The third-order valence-electron chi connectivity index (χ3n) is 5.41. The van der Waals surface area contributed by atoms with Crippen LogP contribution in [0.25, 0.3) is 0 Å². The number of alkyl carbamates (subject to hydrolysis) is 1. The molecule has 2 atom stereocenters. The molecule has 1 aliphatic carbocycles. The van der Waals surface area contributed by atoms with Crippen LogP contribution < -0.4 is 5.32 Å². The molecule has 160 valence electrons. The number of nitrogens with one attached hydrogen (secondary N) is 1. The van der Waals surface area contributed by atoms with Gasteiger partial charge in [-0.25, -0.2) is 18.4 Å². The third-order valence-corrected chi connectivity index (χ3v) is 5.41. The number of likely N-dealkylation sites (tertiary alicyclic amines) is 1. The van der Waals surface area contributed by atoms with Gasteiger partial charge in [0.25, 0.3) is 5.92 Å². The Morgan fingerprint density at radius 2 is 1.93 bits per heavy atom. The van der Waals surface area contributed by atoms with Crippen LogP contribution in [0.2, 0.25) is 0 Å². The summed E-state index contributed by atoms with van der Waals surface area (Å²) in [6, 6.07) is 8.99. The van der Waals surface area contributed by atoms with E-state index in [9.17, 15) is 9.59 Å². The van der Waals surface area contributed by atoms with Crippen molar-refractivity contribution in [3.05, 3.63) is 35.9 Å². The summed E-state index contributed by atoms with van der Waals surface area (Å²) in [5.41, 5.74) is -1.84. The summed E-state index contributed by atoms with van der Waals surface area (Å²) in [5.74, 6) is -4.18. The van der Waals surface area contributed by atoms with Crippen LogP contribution in [0.4, 0.5) is 18.4 Å². The van der Waals surface area contributed by atoms with E-state index in [1.807, 2.05) is 6.07 Å². The molecule has 0 spiro atoms. The Morgan fingerprint density at radius 3 is 2.59 bits per heavy atom. The number of hydrogen-bond donors (Lipinski definition) is 1. The van der Waals surface area contributed by atoms with Crippen molar-refractivity contribution in [3.8, 4) is 0 Å². The number of rotatable bonds is 3. The van der Waals surface area contributed by atoms with Gasteiger partial charge in [-0.15, -0.1) is 0 Å². The number of piperidine rings is 1. The molecule has 1 aromatic rings. The van der Waals surface area contributed by atoms with Crippen LogP contribution in [0, 0.1) is 5.92 Å². The van der Waals surface area contributed by atoms with Gasteiger partial charge in [-0.3, -0.25) is 0 Å². The van der Waals surface area contributed by atoms with Crippen molar-refractivity contribution < 1.29 is 27.8 Å². The maximum absolute atomic E-state index is 15.2. The molecule has 0 radical (unpaired) electrons. The summed E-state index contributed by atoms with van der Waals surface area (Å²) in [6.45, 7) is 4.74. The van der Waals surface area contributed by atoms with Crippen LogP contribution in [-0.4, -0.2) is 47.2 Å². The first-order valence-electron chi connectivity index (χ1n) is 9.87. The van der Waals surface area contributed by atoms with Crippen molar-refractivity contribution in [2.24, 2.45) is 5.92 Å². The normalized spacial score (nSPS) is 25.8. The molecule has 2 bridgehead atoms. The summed E-state index contributed by atoms with van der Waals surface area (Å²) in [7, 11) is 0. The topological polar surface area (TPSA) is 67.9 Å². The van der Waals surface area contributed by atoms with Crippen LogP contribution in [0.3, 0.4) is 0 Å². The monoisotopic (exact) mass is 410 g/mol. The zero-order valence-corrected chi connectivity index (χ0v) is 17.0. The minimum absolute atomic E-state index is 0.0203. The SMILES string of the molecule is CC(C)(C)OC(=O)N1CC2CCCC(NC(=O)OCc3ccccc3)(C1)C2(F)F. The number of amides is 2. The summed E-state index contributed by atoms with van der Waals surface area (Å²) in [5, 5.41) is 2.41. The molecule has 2 unspecified atom stereocenters. The minimum Gasteiger partial charge on any atom is -0.445 e. The largest absolute Gasteiger partial charge is 0.445 e. The van der Waals surface area contributed by atoms with E-state index in [1.54, 1.807) is 45.0 Å². The zero-order valence-electron chi connectivity index (χ0n) is 17.0. The highest BCUT2D eigenvalue weighted by Gasteiger charge is 2.65. The number of benzene rings is 1. The lowest BCUT2D eigenvalue weighted by Gasteiger charge is -2.54. The molecule has 1 saturated carbocycles. The van der Waals surface area contributed by atoms with Crippen LogP contribution in [-0.2, 0) is 16.1 Å². The van der Waals surface area contributed by atoms with Crippen molar-refractivity contribution in [3.63, 3.8) is 0 Å². The molecule has 1 aromatic carbocycles. The fraction of sp³-hybridized carbons (Fsp3) is 0.619. The summed E-state index contributed by atoms with van der Waals surface area (Å²) >= 11 is 0. The van der Waals surface area contributed by atoms with E-state index in [-0.39, 0.29) is 32.5 Å². The molecule has 8 heteroatoms. The molecule has 1 N–H and O–H groups in total. The number of carbonyl (C=O) groups is 2. The number of carbonyl (C=O) groups excluding carboxylic acids is 2. The van der Waals surface area contributed by atoms with Crippen molar-refractivity contribution in [2.75, 3.05) is 13.1 Å². The smallest absolute Gasteiger partial charge is 0.410 e. The Balaban J connectivity index is 1.73. The van der Waals surface area contributed by atoms with E-state index in [1.165, 1.54) is 4.90 Å². The van der Waals surface area contributed by atoms with Gasteiger partial charge in [-0.1, -0.05) is 36.8 Å². The second kappa shape index (κ2) is 7.80. The second-order valence-corrected chi connectivity index (χ2v) is 8.84. The maximum Gasteiger partial charge on any atom is 0.410 e. The Morgan fingerprint density at radius 1 is 1.24 bits per heavy atom. The molecule has 1 aliphatic heterocycles. The van der Waals surface area contributed by atoms with Gasteiger partial charge < -0.3 is 19.7 Å². The van der Waals surface area contributed by atoms with E-state index in [0.29, 0.717) is 6.42 Å². The van der Waals surface area contributed by atoms with Crippen molar-refractivity contribution in [1.82, 2.24) is 10.2 Å². The first-order valence-corrected chi connectivity index (χ1v) is 9.87. The van der Waals surface area contributed by atoms with Crippen LogP contribution in [0.5, 0.6) is 0 Å². The van der Waals surface area contributed by atoms with Gasteiger partial charge in [-0.2, -0.15) is 0 Å². The number of halogens is 2. The fourth-order valence-corrected chi connectivity index (χ4v) is 4.04. The lowest BCUT2D eigenvalue weighted by Crippen LogP contribution is -2.74. The van der Waals surface area contributed by atoms with Gasteiger partial charge in [0.1, 0.15) is 17.7 Å². The summed E-state index contributed by atoms with van der Waals surface area (Å²) in [6.07, 6.45) is -0.671. The van der Waals surface area contributed by atoms with Crippen LogP contribution in [0.1, 0.15) is 45.6 Å². The van der Waals surface area contributed by atoms with E-state index in [2.05, 4.69) is 5.32 Å². The Bertz CT molecular complexity index is 751. The molecule has 1 saturated heterocycles. The molecular formula is C21H28F2N2O4. The Kier molecular flexibility index (Phi) is 5.74. The molecular weight excluding hydrogens is 382 g/mol. The number of fused-ring (bicyclic) bond motifs is 2. The average Bonchev–Trinajstić information content (AvgIpc) is 2.60. The first kappa shape index (κ1) is 21.3. The number of nitrogens with zero attached hydrogens (tertiary/aromatic N) is 1. The summed E-state index contributed by atoms with van der Waals surface area (Å²) in [4.78, 5) is 26.2. The first-order chi connectivity index (χ1) is 13.5. The number of hydrogen-bond acceptors (Lipinski definition) is 4. The molecule has 3 rings (SSSR count). The minimum atomic E-state index is -3.14. The van der Waals surface area contributed by atoms with Crippen molar-refractivity contribution in [1.29, 1.82) is 0 Å². The van der Waals surface area contributed by atoms with E-state index < -0.39 is 35.2 Å². The lowest BCUT2D eigenvalue weighted by molar-refractivity contribution is -0.190. The zero-order chi connectivity index (χ0) is 21.3. The lowest BCUT2D eigenvalue weighted by atomic mass is 9.69. The standard InChI is InChI=1S/C21H28F2N2O4/c1-19(2,3)29-18(27)25-12-16-10-7-11-20(14-25,21(16,22)23)24-17(26)28-13-15-8-5-4-6-9-15/h4-6,8-9,16H,7,10-14H2,1-3H3,(H,24,26). The Hall–Kier alpha value is -2.38. The molecule has 6 nitrogen and oxygen atoms in total. The summed E-state index contributed by atoms with van der Waals surface area (Å²) < 4.78 is 41.0. The van der Waals surface area contributed by atoms with Crippen molar-refractivity contribution in [2.45, 2.75) is 63.7 Å². The predicted molar refractivity (Wildman–Crippen MR) is 103 cm³/mol. The molecule has 1 heterocycles. The quantitative estimate of drug-likeness (QED) is 0.805. The van der Waals surface area contributed by atoms with Crippen LogP contribution >= 0.6 is 0 Å². The maximum atomic E-state index is 15.2. The van der Waals surface area contributed by atoms with Gasteiger partial charge >= 0.3 is 12.2 Å². The fourth-order valence-electron chi connectivity index (χ4n) is 4.04. The molecule has 2 fully saturated rings. The molecule has 0 aromatic heterocycles. The van der Waals surface area contributed by atoms with Gasteiger partial charge in [-0.05, 0) is 39.2 Å². The highest BCUT2D eigenvalue weighted by atomic mass is 19.3. The third kappa shape index (κ3) is 4.62. The number of ether oxygens (including phenoxy) is 2. The van der Waals surface area contributed by atoms with Gasteiger partial charge in [0.05, 0.1) is 6.54 Å². The number of alkyl halides is 2. The molecule has 2 aliphatic rings. The van der Waals surface area contributed by atoms with Gasteiger partial charge in [0.2, 0.25) is 0 Å². The van der Waals surface area contributed by atoms with Gasteiger partial charge in [0.15, 0.2) is 0 Å². The van der Waals surface area contributed by atoms with E-state index >= 15 is 8.78 Å². The Labute approximate surface area is 169 Å². The highest BCUT2D eigenvalue weighted by Crippen LogP contribution is 2.49. The predicted octanol–water partition coefficient (Wildman–Crippen LogP) is 4.34. The van der Waals surface area contributed by atoms with E-state index in [4.69, 9.17) is 9.47 Å². The van der Waals surface area contributed by atoms with E-state index in [0.717, 1.165) is 5.56 Å². The average molecular weight is 410 g/mol. The van der Waals surface area contributed by atoms with Crippen LogP contribution in [0.15, 0.2) is 30.3 Å². The molecule has 2 amide bonds. The van der Waals surface area contributed by atoms with Gasteiger partial charge in [0, 0.05) is 12.5 Å². The second-order valence-electron chi connectivity index (χ2n) is 8.84. The van der Waals surface area contributed by atoms with Crippen molar-refractivity contribution >= 4 is 12.2 Å². The molecule has 29 heavy (non-hydrogen) atoms.